The van der Waals surface area contributed by atoms with Crippen LogP contribution in [0.15, 0.2) is 0 Å². The zero-order valence-corrected chi connectivity index (χ0v) is 16.4. The van der Waals surface area contributed by atoms with Crippen molar-refractivity contribution in [3.63, 3.8) is 0 Å². The van der Waals surface area contributed by atoms with Crippen molar-refractivity contribution in [1.29, 1.82) is 0 Å². The van der Waals surface area contributed by atoms with E-state index in [4.69, 9.17) is 9.47 Å². The molecule has 0 radical (unpaired) electrons. The molecule has 7 heteroatoms. The number of hydrogen-bond donors (Lipinski definition) is 1. The number of nitrogens with zero attached hydrogens (tertiary/aromatic N) is 2. The van der Waals surface area contributed by atoms with Crippen LogP contribution in [0.25, 0.3) is 0 Å². The van der Waals surface area contributed by atoms with Gasteiger partial charge in [-0.25, -0.2) is 0 Å². The third-order valence-electron chi connectivity index (χ3n) is 4.95. The third kappa shape index (κ3) is 7.60. The van der Waals surface area contributed by atoms with Crippen LogP contribution in [-0.2, 0) is 19.1 Å². The van der Waals surface area contributed by atoms with Crippen LogP contribution in [0.3, 0.4) is 0 Å². The van der Waals surface area contributed by atoms with Crippen LogP contribution in [0, 0.1) is 5.92 Å². The number of hydrogen-bond acceptors (Lipinski definition) is 5. The molecule has 0 aliphatic carbocycles. The number of likely N-dealkylation sites (tertiary alicyclic amines) is 1. The minimum atomic E-state index is -0.0814. The monoisotopic (exact) mass is 369 g/mol. The molecule has 1 N–H and O–H groups in total. The predicted molar refractivity (Wildman–Crippen MR) is 99.9 cm³/mol. The summed E-state index contributed by atoms with van der Waals surface area (Å²) in [5.41, 5.74) is 0. The van der Waals surface area contributed by atoms with E-state index in [-0.39, 0.29) is 23.8 Å². The lowest BCUT2D eigenvalue weighted by Gasteiger charge is -2.33. The maximum absolute atomic E-state index is 12.4. The van der Waals surface area contributed by atoms with E-state index in [2.05, 4.69) is 10.2 Å². The van der Waals surface area contributed by atoms with Crippen molar-refractivity contribution in [2.75, 3.05) is 59.1 Å². The second-order valence-corrected chi connectivity index (χ2v) is 7.45. The van der Waals surface area contributed by atoms with E-state index in [9.17, 15) is 9.59 Å². The highest BCUT2D eigenvalue weighted by molar-refractivity contribution is 5.83. The Hall–Kier alpha value is -1.18. The van der Waals surface area contributed by atoms with Gasteiger partial charge in [0.2, 0.25) is 11.8 Å². The van der Waals surface area contributed by atoms with Crippen molar-refractivity contribution >= 4 is 11.8 Å². The molecule has 0 saturated carbocycles. The first-order chi connectivity index (χ1) is 12.6. The largest absolute Gasteiger partial charge is 0.379 e. The fraction of sp³-hybridized carbons (Fsp3) is 0.895. The fourth-order valence-electron chi connectivity index (χ4n) is 3.40. The molecule has 150 valence electrons. The van der Waals surface area contributed by atoms with Crippen molar-refractivity contribution in [3.8, 4) is 0 Å². The highest BCUT2D eigenvalue weighted by Crippen LogP contribution is 2.18. The molecular weight excluding hydrogens is 334 g/mol. The molecule has 1 atom stereocenters. The van der Waals surface area contributed by atoms with Gasteiger partial charge in [-0.05, 0) is 33.1 Å². The van der Waals surface area contributed by atoms with E-state index in [0.717, 1.165) is 52.2 Å². The lowest BCUT2D eigenvalue weighted by molar-refractivity contribution is -0.138. The Morgan fingerprint density at radius 3 is 2.77 bits per heavy atom. The van der Waals surface area contributed by atoms with Crippen molar-refractivity contribution in [1.82, 2.24) is 15.1 Å². The summed E-state index contributed by atoms with van der Waals surface area (Å²) in [7, 11) is 0. The second-order valence-electron chi connectivity index (χ2n) is 7.45. The smallest absolute Gasteiger partial charge is 0.224 e. The highest BCUT2D eigenvalue weighted by Gasteiger charge is 2.29. The first kappa shape index (κ1) is 21.1. The van der Waals surface area contributed by atoms with Crippen molar-refractivity contribution in [2.24, 2.45) is 5.92 Å². The van der Waals surface area contributed by atoms with Gasteiger partial charge in [0.15, 0.2) is 0 Å². The predicted octanol–water partition coefficient (Wildman–Crippen LogP) is 0.879. The van der Waals surface area contributed by atoms with E-state index in [0.29, 0.717) is 32.5 Å². The van der Waals surface area contributed by atoms with Crippen LogP contribution in [-0.4, -0.2) is 86.8 Å². The zero-order chi connectivity index (χ0) is 18.8. The lowest BCUT2D eigenvalue weighted by atomic mass is 9.96. The maximum atomic E-state index is 12.4. The molecule has 7 nitrogen and oxygen atoms in total. The topological polar surface area (TPSA) is 71.1 Å². The fourth-order valence-corrected chi connectivity index (χ4v) is 3.40. The SMILES string of the molecule is CC(C)OCCCNC(=O)[C@H]1CCC(=O)N(CCCN2CCOCC2)C1. The van der Waals surface area contributed by atoms with Gasteiger partial charge < -0.3 is 19.7 Å². The minimum absolute atomic E-state index is 0.0697. The van der Waals surface area contributed by atoms with E-state index in [1.54, 1.807) is 0 Å². The summed E-state index contributed by atoms with van der Waals surface area (Å²) < 4.78 is 10.8. The first-order valence-corrected chi connectivity index (χ1v) is 10.0. The number of carbonyl (C=O) groups excluding carboxylic acids is 2. The Labute approximate surface area is 157 Å². The van der Waals surface area contributed by atoms with Gasteiger partial charge in [0.1, 0.15) is 0 Å². The summed E-state index contributed by atoms with van der Waals surface area (Å²) in [4.78, 5) is 28.8. The van der Waals surface area contributed by atoms with E-state index >= 15 is 0 Å². The van der Waals surface area contributed by atoms with Gasteiger partial charge in [-0.15, -0.1) is 0 Å². The van der Waals surface area contributed by atoms with E-state index in [1.165, 1.54) is 0 Å². The molecule has 0 unspecified atom stereocenters. The Balaban J connectivity index is 1.63. The quantitative estimate of drug-likeness (QED) is 0.579. The molecule has 0 aromatic rings. The molecule has 26 heavy (non-hydrogen) atoms. The molecule has 0 aromatic carbocycles. The number of amides is 2. The average molecular weight is 370 g/mol. The van der Waals surface area contributed by atoms with Crippen LogP contribution in [0.1, 0.15) is 39.5 Å². The second kappa shape index (κ2) is 11.5. The summed E-state index contributed by atoms with van der Waals surface area (Å²) in [6.07, 6.45) is 3.13. The normalized spacial score (nSPS) is 22.0. The van der Waals surface area contributed by atoms with Crippen LogP contribution >= 0.6 is 0 Å². The van der Waals surface area contributed by atoms with Gasteiger partial charge in [0.05, 0.1) is 25.2 Å². The zero-order valence-electron chi connectivity index (χ0n) is 16.4. The average Bonchev–Trinajstić information content (AvgIpc) is 2.63. The van der Waals surface area contributed by atoms with Crippen LogP contribution in [0.2, 0.25) is 0 Å². The molecular formula is C19H35N3O4. The molecule has 2 heterocycles. The number of morpholine rings is 1. The molecule has 0 aromatic heterocycles. The molecule has 2 saturated heterocycles. The Bertz CT molecular complexity index is 439. The van der Waals surface area contributed by atoms with Crippen molar-refractivity contribution in [3.05, 3.63) is 0 Å². The third-order valence-corrected chi connectivity index (χ3v) is 4.95. The Morgan fingerprint density at radius 2 is 2.04 bits per heavy atom. The summed E-state index contributed by atoms with van der Waals surface area (Å²) in [5.74, 6) is 0.170. The molecule has 2 rings (SSSR count). The number of ether oxygens (including phenoxy) is 2. The van der Waals surface area contributed by atoms with E-state index in [1.807, 2.05) is 18.7 Å². The molecule has 2 amide bonds. The Morgan fingerprint density at radius 1 is 1.27 bits per heavy atom. The van der Waals surface area contributed by atoms with Gasteiger partial charge >= 0.3 is 0 Å². The number of rotatable bonds is 10. The standard InChI is InChI=1S/C19H35N3O4/c1-16(2)26-12-3-7-20-19(24)17-5-6-18(23)22(15-17)9-4-8-21-10-13-25-14-11-21/h16-17H,3-15H2,1-2H3,(H,20,24)/t17-/m0/s1. The summed E-state index contributed by atoms with van der Waals surface area (Å²) in [6.45, 7) is 11.1. The van der Waals surface area contributed by atoms with Crippen molar-refractivity contribution in [2.45, 2.75) is 45.6 Å². The molecule has 0 bridgehead atoms. The van der Waals surface area contributed by atoms with Gasteiger partial charge in [-0.2, -0.15) is 0 Å². The molecule has 0 spiro atoms. The highest BCUT2D eigenvalue weighted by atomic mass is 16.5. The number of piperidine rings is 1. The first-order valence-electron chi connectivity index (χ1n) is 10.0. The van der Waals surface area contributed by atoms with Gasteiger partial charge in [0.25, 0.3) is 0 Å². The molecule has 2 fully saturated rings. The summed E-state index contributed by atoms with van der Waals surface area (Å²) >= 11 is 0. The van der Waals surface area contributed by atoms with Crippen LogP contribution in [0.4, 0.5) is 0 Å². The van der Waals surface area contributed by atoms with Crippen LogP contribution < -0.4 is 5.32 Å². The maximum Gasteiger partial charge on any atom is 0.224 e. The molecule has 2 aliphatic heterocycles. The Kier molecular flexibility index (Phi) is 9.36. The number of carbonyl (C=O) groups is 2. The van der Waals surface area contributed by atoms with Crippen molar-refractivity contribution < 1.29 is 19.1 Å². The molecule has 2 aliphatic rings. The van der Waals surface area contributed by atoms with Gasteiger partial charge in [0, 0.05) is 52.3 Å². The van der Waals surface area contributed by atoms with E-state index < -0.39 is 0 Å². The lowest BCUT2D eigenvalue weighted by Crippen LogP contribution is -2.47. The number of nitrogens with one attached hydrogen (secondary N) is 1. The van der Waals surface area contributed by atoms with Gasteiger partial charge in [-0.1, -0.05) is 0 Å². The minimum Gasteiger partial charge on any atom is -0.379 e. The summed E-state index contributed by atoms with van der Waals surface area (Å²) in [5, 5.41) is 2.99. The van der Waals surface area contributed by atoms with Gasteiger partial charge in [-0.3, -0.25) is 14.5 Å². The van der Waals surface area contributed by atoms with Crippen LogP contribution in [0.5, 0.6) is 0 Å². The summed E-state index contributed by atoms with van der Waals surface area (Å²) in [6, 6.07) is 0.